The number of nitrogens with zero attached hydrogens (tertiary/aromatic N) is 2. The van der Waals surface area contributed by atoms with Gasteiger partial charge in [-0.15, -0.1) is 0 Å². The van der Waals surface area contributed by atoms with Crippen LogP contribution < -0.4 is 5.32 Å². The summed E-state index contributed by atoms with van der Waals surface area (Å²) in [7, 11) is 0. The molecule has 0 bridgehead atoms. The Labute approximate surface area is 103 Å². The molecule has 0 amide bonds. The van der Waals surface area contributed by atoms with E-state index in [1.165, 1.54) is 18.5 Å². The summed E-state index contributed by atoms with van der Waals surface area (Å²) in [5.74, 6) is 0. The largest absolute Gasteiger partial charge is 0.394 e. The molecule has 4 heteroatoms. The first-order valence-corrected chi connectivity index (χ1v) is 6.61. The van der Waals surface area contributed by atoms with Crippen LogP contribution in [0.1, 0.15) is 51.3 Å². The van der Waals surface area contributed by atoms with Gasteiger partial charge in [0.1, 0.15) is 0 Å². The van der Waals surface area contributed by atoms with Gasteiger partial charge in [0.15, 0.2) is 0 Å². The second-order valence-corrected chi connectivity index (χ2v) is 5.02. The molecule has 17 heavy (non-hydrogen) atoms. The monoisotopic (exact) mass is 237 g/mol. The third-order valence-corrected chi connectivity index (χ3v) is 3.99. The zero-order valence-corrected chi connectivity index (χ0v) is 10.8. The van der Waals surface area contributed by atoms with Crippen molar-refractivity contribution in [3.05, 3.63) is 18.2 Å². The summed E-state index contributed by atoms with van der Waals surface area (Å²) in [5, 5.41) is 13.0. The van der Waals surface area contributed by atoms with Crippen molar-refractivity contribution in [2.24, 2.45) is 0 Å². The van der Waals surface area contributed by atoms with Crippen LogP contribution in [0.4, 0.5) is 0 Å². The molecular weight excluding hydrogens is 214 g/mol. The molecule has 0 aliphatic heterocycles. The molecule has 0 saturated heterocycles. The molecule has 96 valence electrons. The first-order chi connectivity index (χ1) is 8.24. The molecule has 1 aromatic heterocycles. The number of hydrogen-bond acceptors (Lipinski definition) is 3. The molecule has 1 aliphatic rings. The van der Waals surface area contributed by atoms with Crippen LogP contribution in [0.15, 0.2) is 12.5 Å². The average molecular weight is 237 g/mol. The summed E-state index contributed by atoms with van der Waals surface area (Å²) < 4.78 is 2.26. The highest BCUT2D eigenvalue weighted by Gasteiger charge is 2.27. The minimum atomic E-state index is -0.140. The Balaban J connectivity index is 1.98. The summed E-state index contributed by atoms with van der Waals surface area (Å²) in [6, 6.07) is 0.668. The van der Waals surface area contributed by atoms with Crippen LogP contribution in [0.25, 0.3) is 0 Å². The number of aromatic nitrogens is 2. The summed E-state index contributed by atoms with van der Waals surface area (Å²) in [6.07, 6.45) is 8.28. The van der Waals surface area contributed by atoms with Gasteiger partial charge in [-0.25, -0.2) is 4.98 Å². The SMILES string of the molecule is CCC(CC)(CO)NCc1cncn1C1CC1. The molecule has 1 aliphatic carbocycles. The Morgan fingerprint density at radius 2 is 2.18 bits per heavy atom. The quantitative estimate of drug-likeness (QED) is 0.761. The van der Waals surface area contributed by atoms with Gasteiger partial charge >= 0.3 is 0 Å². The van der Waals surface area contributed by atoms with Gasteiger partial charge in [-0.3, -0.25) is 0 Å². The van der Waals surface area contributed by atoms with Crippen molar-refractivity contribution in [1.29, 1.82) is 0 Å². The van der Waals surface area contributed by atoms with E-state index in [1.54, 1.807) is 0 Å². The highest BCUT2D eigenvalue weighted by atomic mass is 16.3. The minimum Gasteiger partial charge on any atom is -0.394 e. The molecule has 1 heterocycles. The van der Waals surface area contributed by atoms with E-state index in [-0.39, 0.29) is 12.1 Å². The fraction of sp³-hybridized carbons (Fsp3) is 0.769. The highest BCUT2D eigenvalue weighted by Crippen LogP contribution is 2.35. The van der Waals surface area contributed by atoms with Crippen LogP contribution in [0.2, 0.25) is 0 Å². The Kier molecular flexibility index (Phi) is 3.84. The van der Waals surface area contributed by atoms with E-state index in [4.69, 9.17) is 0 Å². The lowest BCUT2D eigenvalue weighted by molar-refractivity contribution is 0.148. The molecule has 0 atom stereocenters. The Bertz CT molecular complexity index is 345. The Morgan fingerprint density at radius 1 is 1.47 bits per heavy atom. The van der Waals surface area contributed by atoms with Crippen LogP contribution in [0.5, 0.6) is 0 Å². The molecule has 0 spiro atoms. The van der Waals surface area contributed by atoms with Gasteiger partial charge in [-0.05, 0) is 25.7 Å². The molecule has 2 rings (SSSR count). The molecule has 0 unspecified atom stereocenters. The maximum absolute atomic E-state index is 9.51. The number of hydrogen-bond donors (Lipinski definition) is 2. The van der Waals surface area contributed by atoms with E-state index in [9.17, 15) is 5.11 Å². The minimum absolute atomic E-state index is 0.140. The Hall–Kier alpha value is -0.870. The third kappa shape index (κ3) is 2.69. The van der Waals surface area contributed by atoms with Gasteiger partial charge in [0.05, 0.1) is 18.6 Å². The van der Waals surface area contributed by atoms with E-state index < -0.39 is 0 Å². The van der Waals surface area contributed by atoms with Crippen LogP contribution in [-0.4, -0.2) is 26.8 Å². The van der Waals surface area contributed by atoms with Crippen molar-refractivity contribution in [3.8, 4) is 0 Å². The van der Waals surface area contributed by atoms with E-state index in [0.29, 0.717) is 6.04 Å². The number of nitrogens with one attached hydrogen (secondary N) is 1. The summed E-state index contributed by atoms with van der Waals surface area (Å²) in [6.45, 7) is 5.21. The molecular formula is C13H23N3O. The first kappa shape index (κ1) is 12.6. The predicted octanol–water partition coefficient (Wildman–Crippen LogP) is 1.86. The standard InChI is InChI=1S/C13H23N3O/c1-3-13(4-2,9-17)15-8-12-7-14-10-16(12)11-5-6-11/h7,10-11,15,17H,3-6,8-9H2,1-2H3. The first-order valence-electron chi connectivity index (χ1n) is 6.61. The zero-order chi connectivity index (χ0) is 12.3. The van der Waals surface area contributed by atoms with Gasteiger partial charge in [-0.2, -0.15) is 0 Å². The molecule has 1 saturated carbocycles. The fourth-order valence-corrected chi connectivity index (χ4v) is 2.21. The molecule has 1 fully saturated rings. The topological polar surface area (TPSA) is 50.1 Å². The Morgan fingerprint density at radius 3 is 2.71 bits per heavy atom. The summed E-state index contributed by atoms with van der Waals surface area (Å²) in [4.78, 5) is 4.22. The predicted molar refractivity (Wildman–Crippen MR) is 67.7 cm³/mol. The van der Waals surface area contributed by atoms with Crippen molar-refractivity contribution in [2.75, 3.05) is 6.61 Å². The van der Waals surface area contributed by atoms with Gasteiger partial charge in [0.2, 0.25) is 0 Å². The van der Waals surface area contributed by atoms with E-state index in [0.717, 1.165) is 19.4 Å². The van der Waals surface area contributed by atoms with E-state index >= 15 is 0 Å². The third-order valence-electron chi connectivity index (χ3n) is 3.99. The summed E-state index contributed by atoms with van der Waals surface area (Å²) >= 11 is 0. The smallest absolute Gasteiger partial charge is 0.0951 e. The zero-order valence-electron chi connectivity index (χ0n) is 10.8. The number of imidazole rings is 1. The molecule has 0 radical (unpaired) electrons. The van der Waals surface area contributed by atoms with Crippen molar-refractivity contribution < 1.29 is 5.11 Å². The molecule has 2 N–H and O–H groups in total. The van der Waals surface area contributed by atoms with Gasteiger partial charge in [-0.1, -0.05) is 13.8 Å². The summed E-state index contributed by atoms with van der Waals surface area (Å²) in [5.41, 5.74) is 1.09. The number of aliphatic hydroxyl groups excluding tert-OH is 1. The lowest BCUT2D eigenvalue weighted by atomic mass is 9.94. The maximum atomic E-state index is 9.51. The lowest BCUT2D eigenvalue weighted by Gasteiger charge is -2.31. The fourth-order valence-electron chi connectivity index (χ4n) is 2.21. The van der Waals surface area contributed by atoms with Crippen LogP contribution in [0.3, 0.4) is 0 Å². The van der Waals surface area contributed by atoms with Gasteiger partial charge in [0, 0.05) is 24.3 Å². The van der Waals surface area contributed by atoms with E-state index in [2.05, 4.69) is 28.7 Å². The van der Waals surface area contributed by atoms with E-state index in [1.807, 2.05) is 12.5 Å². The van der Waals surface area contributed by atoms with Crippen molar-refractivity contribution >= 4 is 0 Å². The molecule has 4 nitrogen and oxygen atoms in total. The normalized spacial score (nSPS) is 16.4. The van der Waals surface area contributed by atoms with Crippen molar-refractivity contribution in [1.82, 2.24) is 14.9 Å². The molecule has 0 aromatic carbocycles. The van der Waals surface area contributed by atoms with Gasteiger partial charge in [0.25, 0.3) is 0 Å². The number of rotatable bonds is 7. The maximum Gasteiger partial charge on any atom is 0.0951 e. The van der Waals surface area contributed by atoms with Crippen molar-refractivity contribution in [2.45, 2.75) is 57.7 Å². The van der Waals surface area contributed by atoms with Crippen LogP contribution in [0, 0.1) is 0 Å². The number of aliphatic hydroxyl groups is 1. The second-order valence-electron chi connectivity index (χ2n) is 5.02. The van der Waals surface area contributed by atoms with Crippen molar-refractivity contribution in [3.63, 3.8) is 0 Å². The highest BCUT2D eigenvalue weighted by molar-refractivity contribution is 5.04. The lowest BCUT2D eigenvalue weighted by Crippen LogP contribution is -2.47. The average Bonchev–Trinajstić information content (AvgIpc) is 3.11. The van der Waals surface area contributed by atoms with Gasteiger partial charge < -0.3 is 15.0 Å². The second kappa shape index (κ2) is 5.19. The van der Waals surface area contributed by atoms with Crippen LogP contribution >= 0.6 is 0 Å². The van der Waals surface area contributed by atoms with Crippen LogP contribution in [-0.2, 0) is 6.54 Å². The molecule has 1 aromatic rings.